The van der Waals surface area contributed by atoms with Crippen LogP contribution in [0.1, 0.15) is 90.2 Å². The number of ketones is 2. The van der Waals surface area contributed by atoms with Crippen molar-refractivity contribution in [2.45, 2.75) is 122 Å². The summed E-state index contributed by atoms with van der Waals surface area (Å²) >= 11 is 0. The standard InChI is InChI=1S/C43H51NO14/c1-22-26(55-37(51)32(48)30(24-15-11-9-12-16-24)44-38(52)58-39(3,4)5)20-43(53)35(56-36(50)25-17-13-10-14-18-25)33-41(8,34(49)31(47)29(22)40(43,6)7)27(46)19-28-42(33,21-54-28)57-23(2)45/h9-18,26-28,30-31,33,35,46-47,53H,19-21H2,1-8H3,(H,44,52)/t26-,27-,28+,30-,31+,33-,35-,41+,42-,43+/m0/s1. The molecule has 0 radical (unpaired) electrons. The lowest BCUT2D eigenvalue weighted by Crippen LogP contribution is -2.81. The van der Waals surface area contributed by atoms with E-state index in [1.807, 2.05) is 0 Å². The number of fused-ring (bicyclic) bond motifs is 5. The van der Waals surface area contributed by atoms with Crippen molar-refractivity contribution in [3.63, 3.8) is 0 Å². The van der Waals surface area contributed by atoms with Crippen molar-refractivity contribution in [3.8, 4) is 0 Å². The second-order valence-corrected chi connectivity index (χ2v) is 17.4. The largest absolute Gasteiger partial charge is 0.455 e. The quantitative estimate of drug-likeness (QED) is 0.130. The number of ether oxygens (including phenoxy) is 5. The van der Waals surface area contributed by atoms with E-state index in [9.17, 15) is 44.1 Å². The van der Waals surface area contributed by atoms with Crippen LogP contribution >= 0.6 is 0 Å². The number of aliphatic hydroxyl groups excluding tert-OH is 2. The molecule has 10 atom stereocenters. The maximum absolute atomic E-state index is 14.9. The van der Waals surface area contributed by atoms with Crippen LogP contribution in [-0.4, -0.2) is 105 Å². The predicted molar refractivity (Wildman–Crippen MR) is 203 cm³/mol. The van der Waals surface area contributed by atoms with Gasteiger partial charge in [0.2, 0.25) is 0 Å². The summed E-state index contributed by atoms with van der Waals surface area (Å²) in [6.45, 7) is 11.6. The molecule has 1 amide bonds. The Morgan fingerprint density at radius 3 is 2.09 bits per heavy atom. The summed E-state index contributed by atoms with van der Waals surface area (Å²) in [5.74, 6) is -6.82. The van der Waals surface area contributed by atoms with Gasteiger partial charge in [0.05, 0.1) is 29.6 Å². The van der Waals surface area contributed by atoms with Crippen LogP contribution in [0.3, 0.4) is 0 Å². The highest BCUT2D eigenvalue weighted by Gasteiger charge is 2.78. The Kier molecular flexibility index (Phi) is 11.0. The third-order valence-electron chi connectivity index (χ3n) is 12.4. The van der Waals surface area contributed by atoms with Crippen LogP contribution in [0.15, 0.2) is 71.8 Å². The summed E-state index contributed by atoms with van der Waals surface area (Å²) in [7, 11) is 0. The summed E-state index contributed by atoms with van der Waals surface area (Å²) in [6, 6.07) is 14.2. The van der Waals surface area contributed by atoms with E-state index in [0.29, 0.717) is 0 Å². The SMILES string of the molecule is CC(=O)O[C@@]12CO[C@@H]1C[C@H](O)[C@@]1(C)C(=O)[C@H](O)C3=C(C)[C@@H](OC(=O)C(=O)[C@@H](NC(=O)OC(C)(C)C)c4ccccc4)C[C@@](O)([C@@H](OC(=O)c4ccccc4)[C@H]21)C3(C)C. The zero-order valence-corrected chi connectivity index (χ0v) is 33.8. The Balaban J connectivity index is 1.49. The van der Waals surface area contributed by atoms with Crippen LogP contribution in [0, 0.1) is 16.7 Å². The molecule has 0 aromatic heterocycles. The maximum atomic E-state index is 14.9. The molecule has 1 saturated heterocycles. The zero-order valence-electron chi connectivity index (χ0n) is 33.8. The molecule has 0 unspecified atom stereocenters. The van der Waals surface area contributed by atoms with E-state index in [4.69, 9.17) is 23.7 Å². The van der Waals surface area contributed by atoms with Crippen LogP contribution < -0.4 is 5.32 Å². The number of hydrogen-bond acceptors (Lipinski definition) is 14. The lowest BCUT2D eigenvalue weighted by atomic mass is 9.44. The Morgan fingerprint density at radius 1 is 0.931 bits per heavy atom. The maximum Gasteiger partial charge on any atom is 0.408 e. The van der Waals surface area contributed by atoms with Crippen LogP contribution in [0.2, 0.25) is 0 Å². The van der Waals surface area contributed by atoms with Crippen LogP contribution in [0.4, 0.5) is 4.79 Å². The van der Waals surface area contributed by atoms with Crippen LogP contribution in [0.25, 0.3) is 0 Å². The molecular formula is C43H51NO14. The van der Waals surface area contributed by atoms with Gasteiger partial charge in [0.25, 0.3) is 5.78 Å². The van der Waals surface area contributed by atoms with Gasteiger partial charge in [0, 0.05) is 25.2 Å². The number of benzene rings is 2. The monoisotopic (exact) mass is 805 g/mol. The van der Waals surface area contributed by atoms with E-state index < -0.39 is 112 Å². The van der Waals surface area contributed by atoms with Gasteiger partial charge in [0.1, 0.15) is 41.7 Å². The van der Waals surface area contributed by atoms with Crippen molar-refractivity contribution in [1.29, 1.82) is 0 Å². The third kappa shape index (κ3) is 7.01. The molecule has 15 nitrogen and oxygen atoms in total. The molecule has 3 fully saturated rings. The Labute approximate surface area is 336 Å². The van der Waals surface area contributed by atoms with E-state index in [2.05, 4.69) is 5.32 Å². The molecule has 3 aliphatic carbocycles. The summed E-state index contributed by atoms with van der Waals surface area (Å²) in [6.07, 6.45) is -9.68. The molecule has 312 valence electrons. The van der Waals surface area contributed by atoms with Gasteiger partial charge >= 0.3 is 24.0 Å². The molecule has 15 heteroatoms. The van der Waals surface area contributed by atoms with Crippen molar-refractivity contribution in [2.75, 3.05) is 6.61 Å². The van der Waals surface area contributed by atoms with Gasteiger partial charge < -0.3 is 44.3 Å². The summed E-state index contributed by atoms with van der Waals surface area (Å²) in [4.78, 5) is 82.7. The van der Waals surface area contributed by atoms with Gasteiger partial charge in [-0.1, -0.05) is 62.4 Å². The Bertz CT molecular complexity index is 2020. The summed E-state index contributed by atoms with van der Waals surface area (Å²) in [5, 5.41) is 39.8. The molecule has 2 aromatic rings. The molecular weight excluding hydrogens is 754 g/mol. The lowest BCUT2D eigenvalue weighted by Gasteiger charge is -2.67. The second kappa shape index (κ2) is 15.0. The molecule has 4 aliphatic rings. The average Bonchev–Trinajstić information content (AvgIpc) is 3.14. The van der Waals surface area contributed by atoms with Crippen molar-refractivity contribution in [2.24, 2.45) is 16.7 Å². The van der Waals surface area contributed by atoms with E-state index in [-0.39, 0.29) is 35.3 Å². The second-order valence-electron chi connectivity index (χ2n) is 17.4. The fourth-order valence-corrected chi connectivity index (χ4v) is 9.45. The third-order valence-corrected chi connectivity index (χ3v) is 12.4. The number of rotatable bonds is 8. The predicted octanol–water partition coefficient (Wildman–Crippen LogP) is 3.47. The Morgan fingerprint density at radius 2 is 1.53 bits per heavy atom. The number of esters is 3. The number of alkyl carbamates (subject to hydrolysis) is 1. The number of hydrogen-bond donors (Lipinski definition) is 4. The van der Waals surface area contributed by atoms with E-state index in [1.165, 1.54) is 52.0 Å². The molecule has 1 aliphatic heterocycles. The van der Waals surface area contributed by atoms with E-state index in [1.54, 1.807) is 57.2 Å². The first-order valence-electron chi connectivity index (χ1n) is 19.2. The molecule has 6 rings (SSSR count). The molecule has 4 N–H and O–H groups in total. The lowest BCUT2D eigenvalue weighted by molar-refractivity contribution is -0.345. The van der Waals surface area contributed by atoms with Gasteiger partial charge in [-0.3, -0.25) is 14.4 Å². The number of nitrogens with one attached hydrogen (secondary N) is 1. The summed E-state index contributed by atoms with van der Waals surface area (Å²) < 4.78 is 29.3. The van der Waals surface area contributed by atoms with Crippen molar-refractivity contribution in [1.82, 2.24) is 5.32 Å². The highest BCUT2D eigenvalue weighted by Crippen LogP contribution is 2.64. The first-order chi connectivity index (χ1) is 27.0. The number of aliphatic hydroxyl groups is 3. The van der Waals surface area contributed by atoms with Crippen molar-refractivity contribution < 1.29 is 67.8 Å². The molecule has 1 heterocycles. The normalized spacial score (nSPS) is 33.1. The Hall–Kier alpha value is -4.96. The number of amides is 1. The van der Waals surface area contributed by atoms with Gasteiger partial charge in [-0.05, 0) is 63.5 Å². The van der Waals surface area contributed by atoms with Gasteiger partial charge in [-0.2, -0.15) is 0 Å². The minimum atomic E-state index is -2.38. The highest BCUT2D eigenvalue weighted by atomic mass is 16.6. The van der Waals surface area contributed by atoms with E-state index in [0.717, 1.165) is 6.92 Å². The summed E-state index contributed by atoms with van der Waals surface area (Å²) in [5.41, 5.74) is -8.43. The number of carbonyl (C=O) groups excluding carboxylic acids is 6. The fraction of sp³-hybridized carbons (Fsp3) is 0.535. The average molecular weight is 806 g/mol. The number of carbonyl (C=O) groups is 6. The van der Waals surface area contributed by atoms with Crippen molar-refractivity contribution >= 4 is 35.6 Å². The first kappa shape index (κ1) is 42.6. The smallest absolute Gasteiger partial charge is 0.408 e. The molecule has 2 aromatic carbocycles. The molecule has 2 bridgehead atoms. The number of Topliss-reactive ketones (excluding diaryl/α,β-unsaturated/α-hetero) is 2. The highest BCUT2D eigenvalue weighted by molar-refractivity contribution is 6.36. The molecule has 2 saturated carbocycles. The van der Waals surface area contributed by atoms with E-state index >= 15 is 0 Å². The first-order valence-corrected chi connectivity index (χ1v) is 19.2. The van der Waals surface area contributed by atoms with Crippen LogP contribution in [-0.2, 0) is 42.9 Å². The van der Waals surface area contributed by atoms with Crippen LogP contribution in [0.5, 0.6) is 0 Å². The molecule has 58 heavy (non-hydrogen) atoms. The molecule has 0 spiro atoms. The minimum absolute atomic E-state index is 0.0686. The van der Waals surface area contributed by atoms with Gasteiger partial charge in [-0.25, -0.2) is 14.4 Å². The topological polar surface area (TPSA) is 221 Å². The van der Waals surface area contributed by atoms with Gasteiger partial charge in [-0.15, -0.1) is 0 Å². The van der Waals surface area contributed by atoms with Crippen molar-refractivity contribution in [3.05, 3.63) is 82.9 Å². The minimum Gasteiger partial charge on any atom is -0.455 e. The fourth-order valence-electron chi connectivity index (χ4n) is 9.45. The zero-order chi connectivity index (χ0) is 42.7. The van der Waals surface area contributed by atoms with Gasteiger partial charge in [0.15, 0.2) is 11.4 Å².